The molecule has 0 radical (unpaired) electrons. The molecular weight excluding hydrogens is 132 g/mol. The van der Waals surface area contributed by atoms with E-state index in [4.69, 9.17) is 21.7 Å². The zero-order valence-electron chi connectivity index (χ0n) is 5.51. The molecule has 4 heteroatoms. The lowest BCUT2D eigenvalue weighted by atomic mass is 9.93. The van der Waals surface area contributed by atoms with Crippen LogP contribution in [0.25, 0.3) is 0 Å². The first-order valence-corrected chi connectivity index (χ1v) is 3.18. The Morgan fingerprint density at radius 2 is 1.20 bits per heavy atom. The predicted octanol–water partition coefficient (Wildman–Crippen LogP) is -2.07. The summed E-state index contributed by atoms with van der Waals surface area (Å²) in [5.74, 6) is 0. The lowest BCUT2D eigenvalue weighted by Gasteiger charge is -2.29. The fraction of sp³-hybridized carbons (Fsp3) is 0.667. The van der Waals surface area contributed by atoms with Gasteiger partial charge in [-0.25, -0.2) is 0 Å². The minimum absolute atomic E-state index is 0.556. The van der Waals surface area contributed by atoms with Gasteiger partial charge in [-0.2, -0.15) is 0 Å². The SMILES string of the molecule is N[C@@H]1[C@@H](N)[C@@H](O)C=C[C@H]1O. The van der Waals surface area contributed by atoms with Gasteiger partial charge in [-0.1, -0.05) is 12.2 Å². The van der Waals surface area contributed by atoms with Crippen molar-refractivity contribution in [3.05, 3.63) is 12.2 Å². The third-order valence-electron chi connectivity index (χ3n) is 1.74. The molecule has 0 unspecified atom stereocenters. The first-order chi connectivity index (χ1) is 4.63. The van der Waals surface area contributed by atoms with E-state index in [1.54, 1.807) is 0 Å². The molecule has 4 atom stereocenters. The molecule has 10 heavy (non-hydrogen) atoms. The molecule has 0 heterocycles. The van der Waals surface area contributed by atoms with Crippen LogP contribution in [0.1, 0.15) is 0 Å². The minimum atomic E-state index is -0.724. The summed E-state index contributed by atoms with van der Waals surface area (Å²) in [7, 11) is 0. The highest BCUT2D eigenvalue weighted by Crippen LogP contribution is 2.08. The Labute approximate surface area is 59.1 Å². The molecule has 0 spiro atoms. The summed E-state index contributed by atoms with van der Waals surface area (Å²) in [6.07, 6.45) is 1.47. The van der Waals surface area contributed by atoms with Crippen molar-refractivity contribution in [1.82, 2.24) is 0 Å². The lowest BCUT2D eigenvalue weighted by Crippen LogP contribution is -2.56. The van der Waals surface area contributed by atoms with Gasteiger partial charge >= 0.3 is 0 Å². The van der Waals surface area contributed by atoms with Crippen LogP contribution in [-0.4, -0.2) is 34.5 Å². The number of aliphatic hydroxyl groups excluding tert-OH is 2. The van der Waals surface area contributed by atoms with Gasteiger partial charge in [-0.3, -0.25) is 0 Å². The maximum Gasteiger partial charge on any atom is 0.0889 e. The van der Waals surface area contributed by atoms with Crippen molar-refractivity contribution in [2.75, 3.05) is 0 Å². The Morgan fingerprint density at radius 1 is 0.900 bits per heavy atom. The van der Waals surface area contributed by atoms with Gasteiger partial charge in [0, 0.05) is 0 Å². The van der Waals surface area contributed by atoms with E-state index in [1.165, 1.54) is 12.2 Å². The zero-order valence-corrected chi connectivity index (χ0v) is 5.51. The second-order valence-corrected chi connectivity index (χ2v) is 2.52. The average Bonchev–Trinajstić information content (AvgIpc) is 1.93. The number of rotatable bonds is 0. The van der Waals surface area contributed by atoms with Crippen LogP contribution in [0.4, 0.5) is 0 Å². The highest BCUT2D eigenvalue weighted by Gasteiger charge is 2.28. The highest BCUT2D eigenvalue weighted by atomic mass is 16.3. The normalized spacial score (nSPS) is 47.6. The van der Waals surface area contributed by atoms with Gasteiger partial charge in [-0.05, 0) is 0 Å². The summed E-state index contributed by atoms with van der Waals surface area (Å²) in [5.41, 5.74) is 10.9. The van der Waals surface area contributed by atoms with Crippen LogP contribution < -0.4 is 11.5 Å². The first kappa shape index (κ1) is 7.68. The largest absolute Gasteiger partial charge is 0.387 e. The molecule has 0 aliphatic heterocycles. The Balaban J connectivity index is 2.69. The summed E-state index contributed by atoms with van der Waals surface area (Å²) >= 11 is 0. The predicted molar refractivity (Wildman–Crippen MR) is 37.1 cm³/mol. The van der Waals surface area contributed by atoms with E-state index in [0.29, 0.717) is 0 Å². The van der Waals surface area contributed by atoms with Crippen molar-refractivity contribution >= 4 is 0 Å². The molecule has 1 aliphatic carbocycles. The van der Waals surface area contributed by atoms with Crippen LogP contribution in [0.15, 0.2) is 12.2 Å². The third kappa shape index (κ3) is 1.19. The Hall–Kier alpha value is -0.420. The van der Waals surface area contributed by atoms with Gasteiger partial charge in [-0.15, -0.1) is 0 Å². The summed E-state index contributed by atoms with van der Waals surface area (Å²) in [6, 6.07) is -1.11. The maximum atomic E-state index is 9.06. The van der Waals surface area contributed by atoms with Crippen molar-refractivity contribution in [3.63, 3.8) is 0 Å². The van der Waals surface area contributed by atoms with Gasteiger partial charge in [0.25, 0.3) is 0 Å². The van der Waals surface area contributed by atoms with E-state index < -0.39 is 24.3 Å². The maximum absolute atomic E-state index is 9.06. The van der Waals surface area contributed by atoms with Crippen molar-refractivity contribution < 1.29 is 10.2 Å². The first-order valence-electron chi connectivity index (χ1n) is 3.18. The van der Waals surface area contributed by atoms with Gasteiger partial charge in [0.1, 0.15) is 0 Å². The molecule has 4 nitrogen and oxygen atoms in total. The molecular formula is C6H12N2O2. The zero-order chi connectivity index (χ0) is 7.72. The van der Waals surface area contributed by atoms with Gasteiger partial charge in [0.05, 0.1) is 24.3 Å². The third-order valence-corrected chi connectivity index (χ3v) is 1.74. The molecule has 1 aliphatic rings. The van der Waals surface area contributed by atoms with Crippen LogP contribution in [0.3, 0.4) is 0 Å². The summed E-state index contributed by atoms with van der Waals surface area (Å²) < 4.78 is 0. The minimum Gasteiger partial charge on any atom is -0.387 e. The Bertz CT molecular complexity index is 133. The van der Waals surface area contributed by atoms with Crippen LogP contribution in [0, 0.1) is 0 Å². The smallest absolute Gasteiger partial charge is 0.0889 e. The molecule has 0 fully saturated rings. The number of aliphatic hydroxyl groups is 2. The van der Waals surface area contributed by atoms with Crippen molar-refractivity contribution in [3.8, 4) is 0 Å². The molecule has 0 aromatic rings. The van der Waals surface area contributed by atoms with Crippen LogP contribution in [-0.2, 0) is 0 Å². The summed E-state index contributed by atoms with van der Waals surface area (Å²) in [4.78, 5) is 0. The molecule has 0 aromatic heterocycles. The number of hydrogen-bond acceptors (Lipinski definition) is 4. The summed E-state index contributed by atoms with van der Waals surface area (Å²) in [5, 5.41) is 18.1. The monoisotopic (exact) mass is 144 g/mol. The fourth-order valence-electron chi connectivity index (χ4n) is 0.940. The Kier molecular flexibility index (Phi) is 2.05. The highest BCUT2D eigenvalue weighted by molar-refractivity contribution is 5.10. The summed E-state index contributed by atoms with van der Waals surface area (Å²) in [6.45, 7) is 0. The molecule has 0 saturated carbocycles. The molecule has 0 bridgehead atoms. The van der Waals surface area contributed by atoms with Crippen molar-refractivity contribution in [1.29, 1.82) is 0 Å². The van der Waals surface area contributed by atoms with E-state index in [9.17, 15) is 0 Å². The van der Waals surface area contributed by atoms with E-state index in [0.717, 1.165) is 0 Å². The second-order valence-electron chi connectivity index (χ2n) is 2.52. The van der Waals surface area contributed by atoms with E-state index in [-0.39, 0.29) is 0 Å². The molecule has 0 amide bonds. The van der Waals surface area contributed by atoms with Gasteiger partial charge in [0.2, 0.25) is 0 Å². The van der Waals surface area contributed by atoms with Gasteiger partial charge < -0.3 is 21.7 Å². The average molecular weight is 144 g/mol. The fourth-order valence-corrected chi connectivity index (χ4v) is 0.940. The van der Waals surface area contributed by atoms with Crippen LogP contribution in [0.5, 0.6) is 0 Å². The molecule has 0 saturated heterocycles. The van der Waals surface area contributed by atoms with Crippen LogP contribution >= 0.6 is 0 Å². The van der Waals surface area contributed by atoms with E-state index in [2.05, 4.69) is 0 Å². The topological polar surface area (TPSA) is 92.5 Å². The van der Waals surface area contributed by atoms with Crippen LogP contribution in [0.2, 0.25) is 0 Å². The van der Waals surface area contributed by atoms with Gasteiger partial charge in [0.15, 0.2) is 0 Å². The van der Waals surface area contributed by atoms with E-state index in [1.807, 2.05) is 0 Å². The second kappa shape index (κ2) is 2.67. The Morgan fingerprint density at radius 3 is 1.50 bits per heavy atom. The molecule has 1 rings (SSSR count). The van der Waals surface area contributed by atoms with Crippen molar-refractivity contribution in [2.45, 2.75) is 24.3 Å². The quantitative estimate of drug-likeness (QED) is 0.294. The molecule has 58 valence electrons. The number of nitrogens with two attached hydrogens (primary N) is 2. The standard InChI is InChI=1S/C6H12N2O2/c7-5-3(9)1-2-4(10)6(5)8/h1-6,9-10H,7-8H2/t3-,4+,5-,6-/m0/s1. The number of hydrogen-bond donors (Lipinski definition) is 4. The van der Waals surface area contributed by atoms with Crippen molar-refractivity contribution in [2.24, 2.45) is 11.5 Å². The molecule has 0 aromatic carbocycles. The molecule has 6 N–H and O–H groups in total. The lowest BCUT2D eigenvalue weighted by molar-refractivity contribution is 0.107. The van der Waals surface area contributed by atoms with E-state index >= 15 is 0 Å².